The number of nitrogens with two attached hydrogens (primary N) is 1. The topological polar surface area (TPSA) is 85.1 Å². The van der Waals surface area contributed by atoms with Crippen molar-refractivity contribution in [2.24, 2.45) is 5.73 Å². The number of amides is 2. The van der Waals surface area contributed by atoms with Crippen LogP contribution in [0.4, 0.5) is 5.13 Å². The Labute approximate surface area is 137 Å². The number of rotatable bonds is 5. The number of nitrogens with zero attached hydrogens (tertiary/aromatic N) is 1. The molecule has 5 nitrogen and oxygen atoms in total. The summed E-state index contributed by atoms with van der Waals surface area (Å²) >= 11 is 1.40. The van der Waals surface area contributed by atoms with Crippen LogP contribution in [0.25, 0.3) is 10.2 Å². The maximum Gasteiger partial charge on any atom is 0.227 e. The minimum atomic E-state index is -0.648. The normalized spacial score (nSPS) is 12.0. The van der Waals surface area contributed by atoms with E-state index in [1.165, 1.54) is 11.3 Å². The van der Waals surface area contributed by atoms with Gasteiger partial charge in [-0.25, -0.2) is 4.98 Å². The molecule has 0 saturated heterocycles. The van der Waals surface area contributed by atoms with E-state index >= 15 is 0 Å². The van der Waals surface area contributed by atoms with E-state index in [2.05, 4.69) is 10.3 Å². The van der Waals surface area contributed by atoms with Crippen LogP contribution < -0.4 is 11.1 Å². The maximum absolute atomic E-state index is 12.2. The molecule has 116 valence electrons. The molecular formula is C17H15N3O2S. The quantitative estimate of drug-likeness (QED) is 0.756. The molecule has 3 aromatic rings. The van der Waals surface area contributed by atoms with E-state index < -0.39 is 11.8 Å². The van der Waals surface area contributed by atoms with E-state index in [9.17, 15) is 9.59 Å². The van der Waals surface area contributed by atoms with Gasteiger partial charge in [-0.2, -0.15) is 0 Å². The zero-order valence-corrected chi connectivity index (χ0v) is 13.0. The smallest absolute Gasteiger partial charge is 0.227 e. The number of primary amides is 1. The van der Waals surface area contributed by atoms with Crippen molar-refractivity contribution in [3.63, 3.8) is 0 Å². The number of nitrogens with one attached hydrogen (secondary N) is 1. The number of para-hydroxylation sites is 1. The van der Waals surface area contributed by atoms with Crippen LogP contribution in [-0.4, -0.2) is 16.8 Å². The molecule has 6 heteroatoms. The van der Waals surface area contributed by atoms with Gasteiger partial charge in [-0.3, -0.25) is 9.59 Å². The van der Waals surface area contributed by atoms with Gasteiger partial charge >= 0.3 is 0 Å². The van der Waals surface area contributed by atoms with Gasteiger partial charge in [0, 0.05) is 6.42 Å². The van der Waals surface area contributed by atoms with Gasteiger partial charge in [-0.15, -0.1) is 0 Å². The first-order chi connectivity index (χ1) is 11.1. The Balaban J connectivity index is 1.73. The molecule has 3 rings (SSSR count). The SMILES string of the molecule is NC(=O)C(CC(=O)Nc1nc2ccccc2s1)c1ccccc1. The van der Waals surface area contributed by atoms with Crippen LogP contribution in [0, 0.1) is 0 Å². The van der Waals surface area contributed by atoms with E-state index in [0.29, 0.717) is 5.13 Å². The predicted octanol–water partition coefficient (Wildman–Crippen LogP) is 2.89. The third-order valence-corrected chi connectivity index (χ3v) is 4.43. The lowest BCUT2D eigenvalue weighted by molar-refractivity contribution is -0.123. The highest BCUT2D eigenvalue weighted by molar-refractivity contribution is 7.22. The number of hydrogen-bond donors (Lipinski definition) is 2. The minimum absolute atomic E-state index is 0.00469. The first-order valence-electron chi connectivity index (χ1n) is 7.13. The standard InChI is InChI=1S/C17H15N3O2S/c18-16(22)12(11-6-2-1-3-7-11)10-15(21)20-17-19-13-8-4-5-9-14(13)23-17/h1-9,12H,10H2,(H2,18,22)(H,19,20,21). The van der Waals surface area contributed by atoms with Crippen molar-refractivity contribution in [1.82, 2.24) is 4.98 Å². The van der Waals surface area contributed by atoms with Crippen molar-refractivity contribution in [1.29, 1.82) is 0 Å². The fraction of sp³-hybridized carbons (Fsp3) is 0.118. The molecule has 0 spiro atoms. The molecule has 1 unspecified atom stereocenters. The van der Waals surface area contributed by atoms with Gasteiger partial charge < -0.3 is 11.1 Å². The number of benzene rings is 2. The third-order valence-electron chi connectivity index (χ3n) is 3.48. The number of fused-ring (bicyclic) bond motifs is 1. The molecule has 0 radical (unpaired) electrons. The molecule has 0 aliphatic rings. The second-order valence-electron chi connectivity index (χ2n) is 5.10. The lowest BCUT2D eigenvalue weighted by atomic mass is 9.95. The van der Waals surface area contributed by atoms with Gasteiger partial charge in [0.1, 0.15) is 0 Å². The van der Waals surface area contributed by atoms with E-state index in [1.54, 1.807) is 12.1 Å². The molecule has 0 fully saturated rings. The van der Waals surface area contributed by atoms with Gasteiger partial charge in [0.15, 0.2) is 5.13 Å². The van der Waals surface area contributed by atoms with Gasteiger partial charge in [-0.1, -0.05) is 53.8 Å². The summed E-state index contributed by atoms with van der Waals surface area (Å²) in [6.45, 7) is 0. The molecule has 0 aliphatic heterocycles. The molecule has 1 aromatic heterocycles. The third kappa shape index (κ3) is 3.54. The van der Waals surface area contributed by atoms with E-state index in [-0.39, 0.29) is 12.3 Å². The largest absolute Gasteiger partial charge is 0.369 e. The molecule has 0 bridgehead atoms. The molecule has 0 saturated carbocycles. The van der Waals surface area contributed by atoms with Crippen molar-refractivity contribution >= 4 is 38.5 Å². The van der Waals surface area contributed by atoms with E-state index in [0.717, 1.165) is 15.8 Å². The molecule has 23 heavy (non-hydrogen) atoms. The summed E-state index contributed by atoms with van der Waals surface area (Å²) in [7, 11) is 0. The van der Waals surface area contributed by atoms with Crippen LogP contribution in [0.5, 0.6) is 0 Å². The van der Waals surface area contributed by atoms with Crippen LogP contribution >= 0.6 is 11.3 Å². The van der Waals surface area contributed by atoms with Crippen molar-refractivity contribution in [3.8, 4) is 0 Å². The highest BCUT2D eigenvalue weighted by atomic mass is 32.1. The van der Waals surface area contributed by atoms with Crippen molar-refractivity contribution in [3.05, 3.63) is 60.2 Å². The molecule has 1 heterocycles. The number of aromatic nitrogens is 1. The molecule has 0 aliphatic carbocycles. The Hall–Kier alpha value is -2.73. The maximum atomic E-state index is 12.2. The summed E-state index contributed by atoms with van der Waals surface area (Å²) in [5, 5.41) is 3.27. The van der Waals surface area contributed by atoms with Gasteiger partial charge in [0.05, 0.1) is 16.1 Å². The number of thiazole rings is 1. The zero-order chi connectivity index (χ0) is 16.2. The molecule has 1 atom stereocenters. The first-order valence-corrected chi connectivity index (χ1v) is 7.95. The fourth-order valence-corrected chi connectivity index (χ4v) is 3.23. The number of anilines is 1. The minimum Gasteiger partial charge on any atom is -0.369 e. The second kappa shape index (κ2) is 6.58. The van der Waals surface area contributed by atoms with Crippen molar-refractivity contribution in [2.45, 2.75) is 12.3 Å². The lowest BCUT2D eigenvalue weighted by Gasteiger charge is -2.12. The highest BCUT2D eigenvalue weighted by Crippen LogP contribution is 2.26. The number of carbonyl (C=O) groups is 2. The predicted molar refractivity (Wildman–Crippen MR) is 91.2 cm³/mol. The highest BCUT2D eigenvalue weighted by Gasteiger charge is 2.22. The van der Waals surface area contributed by atoms with E-state index in [1.807, 2.05) is 42.5 Å². The van der Waals surface area contributed by atoms with Crippen LogP contribution in [0.15, 0.2) is 54.6 Å². The zero-order valence-electron chi connectivity index (χ0n) is 12.2. The van der Waals surface area contributed by atoms with Crippen LogP contribution in [0.3, 0.4) is 0 Å². The second-order valence-corrected chi connectivity index (χ2v) is 6.14. The van der Waals surface area contributed by atoms with Crippen molar-refractivity contribution < 1.29 is 9.59 Å². The Bertz CT molecular complexity index is 812. The monoisotopic (exact) mass is 325 g/mol. The molecular weight excluding hydrogens is 310 g/mol. The van der Waals surface area contributed by atoms with Crippen LogP contribution in [0.2, 0.25) is 0 Å². The average molecular weight is 325 g/mol. The van der Waals surface area contributed by atoms with Crippen LogP contribution in [0.1, 0.15) is 17.9 Å². The first kappa shape index (κ1) is 15.2. The van der Waals surface area contributed by atoms with Gasteiger partial charge in [0.25, 0.3) is 0 Å². The number of hydrogen-bond acceptors (Lipinski definition) is 4. The molecule has 3 N–H and O–H groups in total. The summed E-state index contributed by atoms with van der Waals surface area (Å²) in [5.74, 6) is -1.45. The summed E-state index contributed by atoms with van der Waals surface area (Å²) in [6.07, 6.45) is -0.00469. The lowest BCUT2D eigenvalue weighted by Crippen LogP contribution is -2.26. The summed E-state index contributed by atoms with van der Waals surface area (Å²) in [6, 6.07) is 16.7. The number of carbonyl (C=O) groups excluding carboxylic acids is 2. The summed E-state index contributed by atoms with van der Waals surface area (Å²) in [4.78, 5) is 28.2. The molecule has 2 aromatic carbocycles. The Kier molecular flexibility index (Phi) is 4.34. The fourth-order valence-electron chi connectivity index (χ4n) is 2.35. The Morgan fingerprint density at radius 2 is 1.78 bits per heavy atom. The van der Waals surface area contributed by atoms with Crippen molar-refractivity contribution in [2.75, 3.05) is 5.32 Å². The van der Waals surface area contributed by atoms with Gasteiger partial charge in [-0.05, 0) is 17.7 Å². The summed E-state index contributed by atoms with van der Waals surface area (Å²) < 4.78 is 0.998. The Morgan fingerprint density at radius 3 is 2.48 bits per heavy atom. The average Bonchev–Trinajstić information content (AvgIpc) is 2.95. The molecule has 2 amide bonds. The van der Waals surface area contributed by atoms with Crippen LogP contribution in [-0.2, 0) is 9.59 Å². The summed E-state index contributed by atoms with van der Waals surface area (Å²) in [5.41, 5.74) is 7.01. The van der Waals surface area contributed by atoms with Gasteiger partial charge in [0.2, 0.25) is 11.8 Å². The van der Waals surface area contributed by atoms with E-state index in [4.69, 9.17) is 5.73 Å². The Morgan fingerprint density at radius 1 is 1.09 bits per heavy atom.